The van der Waals surface area contributed by atoms with Crippen LogP contribution in [-0.2, 0) is 13.0 Å². The summed E-state index contributed by atoms with van der Waals surface area (Å²) in [4.78, 5) is 16.0. The Morgan fingerprint density at radius 2 is 2.11 bits per heavy atom. The van der Waals surface area contributed by atoms with Gasteiger partial charge in [-0.1, -0.05) is 18.2 Å². The van der Waals surface area contributed by atoms with Crippen molar-refractivity contribution < 1.29 is 4.79 Å². The number of hydrogen-bond donors (Lipinski definition) is 0. The summed E-state index contributed by atoms with van der Waals surface area (Å²) in [5.74, 6) is 1.27. The van der Waals surface area contributed by atoms with Gasteiger partial charge < -0.3 is 4.90 Å². The molecule has 1 aromatic heterocycles. The minimum absolute atomic E-state index is 0.187. The van der Waals surface area contributed by atoms with Crippen molar-refractivity contribution in [3.8, 4) is 0 Å². The SMILES string of the molecule is O=C1c2ccccc2C2SCCc3sccc3CN12. The Morgan fingerprint density at radius 3 is 3.05 bits per heavy atom. The van der Waals surface area contributed by atoms with Crippen LogP contribution < -0.4 is 0 Å². The fourth-order valence-corrected chi connectivity index (χ4v) is 5.15. The van der Waals surface area contributed by atoms with Crippen LogP contribution in [0.3, 0.4) is 0 Å². The molecule has 2 aromatic rings. The highest BCUT2D eigenvalue weighted by atomic mass is 32.2. The van der Waals surface area contributed by atoms with Crippen LogP contribution in [0.1, 0.15) is 31.7 Å². The highest BCUT2D eigenvalue weighted by molar-refractivity contribution is 7.99. The van der Waals surface area contributed by atoms with Crippen LogP contribution in [0.5, 0.6) is 0 Å². The van der Waals surface area contributed by atoms with Crippen LogP contribution in [0.15, 0.2) is 35.7 Å². The lowest BCUT2D eigenvalue weighted by atomic mass is 10.1. The number of aryl methyl sites for hydroxylation is 1. The smallest absolute Gasteiger partial charge is 0.255 e. The number of benzene rings is 1. The van der Waals surface area contributed by atoms with Crippen LogP contribution in [0, 0.1) is 0 Å². The van der Waals surface area contributed by atoms with Crippen LogP contribution in [0.4, 0.5) is 0 Å². The van der Waals surface area contributed by atoms with Crippen LogP contribution in [0.2, 0.25) is 0 Å². The number of hydrogen-bond acceptors (Lipinski definition) is 3. The second-order valence-electron chi connectivity index (χ2n) is 4.86. The second kappa shape index (κ2) is 4.39. The van der Waals surface area contributed by atoms with E-state index in [-0.39, 0.29) is 11.3 Å². The first kappa shape index (κ1) is 11.6. The van der Waals surface area contributed by atoms with Gasteiger partial charge in [-0.15, -0.1) is 23.1 Å². The summed E-state index contributed by atoms with van der Waals surface area (Å²) >= 11 is 3.71. The third-order valence-corrected chi connectivity index (χ3v) is 6.07. The Kier molecular flexibility index (Phi) is 2.67. The number of nitrogens with zero attached hydrogens (tertiary/aromatic N) is 1. The van der Waals surface area contributed by atoms with Gasteiger partial charge in [-0.2, -0.15) is 0 Å². The van der Waals surface area contributed by atoms with Gasteiger partial charge in [-0.25, -0.2) is 0 Å². The summed E-state index contributed by atoms with van der Waals surface area (Å²) < 4.78 is 0. The van der Waals surface area contributed by atoms with Crippen LogP contribution in [-0.4, -0.2) is 16.6 Å². The third-order valence-electron chi connectivity index (χ3n) is 3.78. The molecule has 0 saturated carbocycles. The first-order valence-corrected chi connectivity index (χ1v) is 8.34. The molecule has 1 amide bonds. The molecule has 2 aliphatic rings. The van der Waals surface area contributed by atoms with E-state index in [1.807, 2.05) is 46.2 Å². The van der Waals surface area contributed by atoms with Crippen molar-refractivity contribution in [2.45, 2.75) is 18.3 Å². The minimum Gasteiger partial charge on any atom is -0.318 e. The van der Waals surface area contributed by atoms with E-state index >= 15 is 0 Å². The molecular formula is C15H13NOS2. The van der Waals surface area contributed by atoms with Crippen molar-refractivity contribution in [1.82, 2.24) is 4.90 Å². The van der Waals surface area contributed by atoms with Crippen molar-refractivity contribution in [1.29, 1.82) is 0 Å². The molecule has 96 valence electrons. The van der Waals surface area contributed by atoms with Gasteiger partial charge in [0.2, 0.25) is 0 Å². The number of rotatable bonds is 0. The van der Waals surface area contributed by atoms with Gasteiger partial charge in [-0.05, 0) is 35.1 Å². The number of thioether (sulfide) groups is 1. The van der Waals surface area contributed by atoms with Gasteiger partial charge in [0.15, 0.2) is 0 Å². The highest BCUT2D eigenvalue weighted by Gasteiger charge is 2.37. The van der Waals surface area contributed by atoms with Crippen molar-refractivity contribution in [2.75, 3.05) is 5.75 Å². The maximum absolute atomic E-state index is 12.5. The van der Waals surface area contributed by atoms with Gasteiger partial charge in [0.25, 0.3) is 5.91 Å². The molecule has 1 unspecified atom stereocenters. The maximum atomic E-state index is 12.5. The minimum atomic E-state index is 0.187. The summed E-state index contributed by atoms with van der Waals surface area (Å²) in [5, 5.41) is 2.35. The van der Waals surface area contributed by atoms with E-state index in [2.05, 4.69) is 17.5 Å². The van der Waals surface area contributed by atoms with Crippen molar-refractivity contribution in [3.63, 3.8) is 0 Å². The highest BCUT2D eigenvalue weighted by Crippen LogP contribution is 2.44. The van der Waals surface area contributed by atoms with E-state index < -0.39 is 0 Å². The lowest BCUT2D eigenvalue weighted by molar-refractivity contribution is 0.0761. The second-order valence-corrected chi connectivity index (χ2v) is 7.05. The van der Waals surface area contributed by atoms with Gasteiger partial charge in [0.05, 0.1) is 0 Å². The van der Waals surface area contributed by atoms with Crippen molar-refractivity contribution >= 4 is 29.0 Å². The Labute approximate surface area is 120 Å². The summed E-state index contributed by atoms with van der Waals surface area (Å²) in [6, 6.07) is 10.2. The molecular weight excluding hydrogens is 274 g/mol. The Morgan fingerprint density at radius 1 is 1.21 bits per heavy atom. The molecule has 3 heterocycles. The average molecular weight is 287 g/mol. The van der Waals surface area contributed by atoms with Crippen molar-refractivity contribution in [3.05, 3.63) is 57.3 Å². The largest absolute Gasteiger partial charge is 0.318 e. The number of carbonyl (C=O) groups excluding carboxylic acids is 1. The van der Waals surface area contributed by atoms with E-state index in [0.29, 0.717) is 0 Å². The standard InChI is InChI=1S/C15H13NOS2/c17-14-11-3-1-2-4-12(11)15-16(14)9-10-5-7-18-13(10)6-8-19-15/h1-5,7,15H,6,8-9H2. The fraction of sp³-hybridized carbons (Fsp3) is 0.267. The zero-order valence-electron chi connectivity index (χ0n) is 10.3. The summed E-state index contributed by atoms with van der Waals surface area (Å²) in [6.45, 7) is 0.754. The summed E-state index contributed by atoms with van der Waals surface area (Å²) in [7, 11) is 0. The summed E-state index contributed by atoms with van der Waals surface area (Å²) in [5.41, 5.74) is 3.41. The van der Waals surface area contributed by atoms with Gasteiger partial charge in [-0.3, -0.25) is 4.79 Å². The predicted molar refractivity (Wildman–Crippen MR) is 79.5 cm³/mol. The Bertz CT molecular complexity index is 649. The normalized spacial score (nSPS) is 21.4. The zero-order valence-corrected chi connectivity index (χ0v) is 12.0. The topological polar surface area (TPSA) is 20.3 Å². The molecule has 0 aliphatic carbocycles. The molecule has 19 heavy (non-hydrogen) atoms. The molecule has 1 aromatic carbocycles. The Balaban J connectivity index is 1.79. The number of fused-ring (bicyclic) bond motifs is 4. The van der Waals surface area contributed by atoms with E-state index in [9.17, 15) is 4.79 Å². The van der Waals surface area contributed by atoms with E-state index in [4.69, 9.17) is 0 Å². The van der Waals surface area contributed by atoms with Crippen LogP contribution in [0.25, 0.3) is 0 Å². The Hall–Kier alpha value is -1.26. The molecule has 2 aliphatic heterocycles. The fourth-order valence-electron chi connectivity index (χ4n) is 2.84. The van der Waals surface area contributed by atoms with Gasteiger partial charge >= 0.3 is 0 Å². The maximum Gasteiger partial charge on any atom is 0.255 e. The number of thiophene rings is 1. The third kappa shape index (κ3) is 1.74. The number of amides is 1. The zero-order chi connectivity index (χ0) is 12.8. The first-order valence-electron chi connectivity index (χ1n) is 6.41. The van der Waals surface area contributed by atoms with E-state index in [1.54, 1.807) is 0 Å². The van der Waals surface area contributed by atoms with E-state index in [0.717, 1.165) is 24.3 Å². The van der Waals surface area contributed by atoms with Crippen molar-refractivity contribution in [2.24, 2.45) is 0 Å². The number of carbonyl (C=O) groups is 1. The van der Waals surface area contributed by atoms with Gasteiger partial charge in [0, 0.05) is 22.7 Å². The molecule has 0 fully saturated rings. The molecule has 0 saturated heterocycles. The molecule has 4 rings (SSSR count). The first-order chi connectivity index (χ1) is 9.34. The molecule has 0 spiro atoms. The van der Waals surface area contributed by atoms with E-state index in [1.165, 1.54) is 16.0 Å². The lowest BCUT2D eigenvalue weighted by Crippen LogP contribution is -2.27. The average Bonchev–Trinajstić information content (AvgIpc) is 2.94. The van der Waals surface area contributed by atoms with Crippen LogP contribution >= 0.6 is 23.1 Å². The lowest BCUT2D eigenvalue weighted by Gasteiger charge is -2.27. The molecule has 1 atom stereocenters. The molecule has 0 bridgehead atoms. The quantitative estimate of drug-likeness (QED) is 0.736. The predicted octanol–water partition coefficient (Wildman–Crippen LogP) is 3.69. The molecule has 0 N–H and O–H groups in total. The molecule has 4 heteroatoms. The monoisotopic (exact) mass is 287 g/mol. The molecule has 0 radical (unpaired) electrons. The summed E-state index contributed by atoms with van der Waals surface area (Å²) in [6.07, 6.45) is 1.12. The molecule has 2 nitrogen and oxygen atoms in total. The van der Waals surface area contributed by atoms with Gasteiger partial charge in [0.1, 0.15) is 5.37 Å².